The largest absolute Gasteiger partial charge is 0.463 e. The number of sulfonamides is 1. The Balaban J connectivity index is 2.32. The number of rotatable bonds is 4. The maximum absolute atomic E-state index is 12.7. The molecule has 1 aliphatic rings. The van der Waals surface area contributed by atoms with Crippen LogP contribution >= 0.6 is 0 Å². The van der Waals surface area contributed by atoms with Crippen molar-refractivity contribution >= 4 is 16.0 Å². The van der Waals surface area contributed by atoms with Crippen molar-refractivity contribution < 1.29 is 22.4 Å². The molecule has 0 bridgehead atoms. The minimum Gasteiger partial charge on any atom is -0.463 e. The van der Waals surface area contributed by atoms with Crippen LogP contribution < -0.4 is 5.73 Å². The minimum absolute atomic E-state index is 0.134. The molecule has 1 aromatic rings. The lowest BCUT2D eigenvalue weighted by Gasteiger charge is -2.36. The maximum atomic E-state index is 12.7. The van der Waals surface area contributed by atoms with Crippen LogP contribution in [0, 0.1) is 0 Å². The number of hydrogen-bond acceptors (Lipinski definition) is 6. The fourth-order valence-corrected chi connectivity index (χ4v) is 4.23. The molecule has 0 amide bonds. The van der Waals surface area contributed by atoms with Gasteiger partial charge in [-0.3, -0.25) is 0 Å². The van der Waals surface area contributed by atoms with Crippen LogP contribution in [0.2, 0.25) is 0 Å². The quantitative estimate of drug-likeness (QED) is 0.830. The second kappa shape index (κ2) is 6.17. The second-order valence-corrected chi connectivity index (χ2v) is 6.97. The Kier molecular flexibility index (Phi) is 4.70. The molecule has 1 fully saturated rings. The second-order valence-electron chi connectivity index (χ2n) is 5.15. The topological polar surface area (TPSA) is 103 Å². The fraction of sp³-hybridized carbons (Fsp3) is 0.615. The van der Waals surface area contributed by atoms with Gasteiger partial charge in [-0.2, -0.15) is 4.31 Å². The molecule has 2 unspecified atom stereocenters. The molecule has 1 saturated heterocycles. The van der Waals surface area contributed by atoms with Crippen LogP contribution in [-0.2, 0) is 14.8 Å². The van der Waals surface area contributed by atoms with Gasteiger partial charge in [-0.15, -0.1) is 0 Å². The molecule has 0 aromatic carbocycles. The third-order valence-electron chi connectivity index (χ3n) is 3.64. The minimum atomic E-state index is -3.80. The van der Waals surface area contributed by atoms with Crippen molar-refractivity contribution in [2.45, 2.75) is 43.4 Å². The van der Waals surface area contributed by atoms with Gasteiger partial charge in [0.1, 0.15) is 0 Å². The molecule has 0 saturated carbocycles. The van der Waals surface area contributed by atoms with E-state index in [1.54, 1.807) is 6.92 Å². The van der Waals surface area contributed by atoms with Crippen molar-refractivity contribution in [1.29, 1.82) is 0 Å². The summed E-state index contributed by atoms with van der Waals surface area (Å²) in [6, 6.07) is 2.04. The van der Waals surface area contributed by atoms with Crippen molar-refractivity contribution in [2.75, 3.05) is 13.7 Å². The number of nitrogens with two attached hydrogens (primary N) is 1. The highest BCUT2D eigenvalue weighted by molar-refractivity contribution is 7.89. The first-order valence-electron chi connectivity index (χ1n) is 6.83. The normalized spacial score (nSPS) is 22.0. The van der Waals surface area contributed by atoms with E-state index in [2.05, 4.69) is 4.74 Å². The Bertz CT molecular complexity index is 608. The van der Waals surface area contributed by atoms with Gasteiger partial charge in [0.25, 0.3) is 10.0 Å². The number of ether oxygens (including phenoxy) is 1. The van der Waals surface area contributed by atoms with E-state index in [9.17, 15) is 13.2 Å². The van der Waals surface area contributed by atoms with Gasteiger partial charge >= 0.3 is 5.97 Å². The van der Waals surface area contributed by atoms with Crippen molar-refractivity contribution in [1.82, 2.24) is 4.31 Å². The molecule has 2 N–H and O–H groups in total. The molecule has 0 spiro atoms. The molecular formula is C13H20N2O5S. The van der Waals surface area contributed by atoms with E-state index < -0.39 is 16.0 Å². The number of esters is 1. The number of piperidine rings is 1. The molecule has 2 rings (SSSR count). The van der Waals surface area contributed by atoms with Crippen LogP contribution in [0.4, 0.5) is 0 Å². The zero-order valence-electron chi connectivity index (χ0n) is 12.1. The van der Waals surface area contributed by atoms with Crippen LogP contribution in [0.1, 0.15) is 36.7 Å². The van der Waals surface area contributed by atoms with E-state index in [0.29, 0.717) is 6.54 Å². The summed E-state index contributed by atoms with van der Waals surface area (Å²) in [5.41, 5.74) is 5.90. The van der Waals surface area contributed by atoms with Gasteiger partial charge in [0.2, 0.25) is 10.9 Å². The average Bonchev–Trinajstić information content (AvgIpc) is 2.97. The number of carbonyl (C=O) groups is 1. The molecule has 2 atom stereocenters. The fourth-order valence-electron chi connectivity index (χ4n) is 2.54. The highest BCUT2D eigenvalue weighted by atomic mass is 32.2. The Morgan fingerprint density at radius 2 is 2.19 bits per heavy atom. The van der Waals surface area contributed by atoms with E-state index >= 15 is 0 Å². The first-order chi connectivity index (χ1) is 9.87. The van der Waals surface area contributed by atoms with Crippen molar-refractivity contribution in [3.05, 3.63) is 17.9 Å². The van der Waals surface area contributed by atoms with Gasteiger partial charge in [-0.1, -0.05) is 6.42 Å². The smallest absolute Gasteiger partial charge is 0.374 e. The molecule has 7 nitrogen and oxygen atoms in total. The lowest BCUT2D eigenvalue weighted by molar-refractivity contribution is 0.0558. The summed E-state index contributed by atoms with van der Waals surface area (Å²) >= 11 is 0. The van der Waals surface area contributed by atoms with Crippen LogP contribution in [-0.4, -0.2) is 44.4 Å². The molecule has 21 heavy (non-hydrogen) atoms. The average molecular weight is 316 g/mol. The summed E-state index contributed by atoms with van der Waals surface area (Å²) in [4.78, 5) is 11.4. The van der Waals surface area contributed by atoms with Gasteiger partial charge in [0.15, 0.2) is 0 Å². The number of hydrogen-bond donors (Lipinski definition) is 1. The molecule has 1 aliphatic heterocycles. The van der Waals surface area contributed by atoms with Crippen molar-refractivity contribution in [2.24, 2.45) is 5.73 Å². The Labute approximate surface area is 124 Å². The highest BCUT2D eigenvalue weighted by Gasteiger charge is 2.37. The summed E-state index contributed by atoms with van der Waals surface area (Å²) in [5.74, 6) is -0.843. The summed E-state index contributed by atoms with van der Waals surface area (Å²) in [7, 11) is -2.59. The number of carbonyl (C=O) groups excluding carboxylic acids is 1. The van der Waals surface area contributed by atoms with Gasteiger partial charge in [-0.05, 0) is 31.9 Å². The summed E-state index contributed by atoms with van der Waals surface area (Å²) in [6.07, 6.45) is 2.46. The molecule has 118 valence electrons. The Morgan fingerprint density at radius 1 is 1.48 bits per heavy atom. The van der Waals surface area contributed by atoms with Gasteiger partial charge in [-0.25, -0.2) is 13.2 Å². The van der Waals surface area contributed by atoms with Gasteiger partial charge < -0.3 is 14.9 Å². The summed E-state index contributed by atoms with van der Waals surface area (Å²) in [6.45, 7) is 2.20. The van der Waals surface area contributed by atoms with E-state index in [1.165, 1.54) is 23.5 Å². The van der Waals surface area contributed by atoms with E-state index in [4.69, 9.17) is 10.2 Å². The van der Waals surface area contributed by atoms with Crippen LogP contribution in [0.15, 0.2) is 21.6 Å². The Morgan fingerprint density at radius 3 is 2.81 bits per heavy atom. The van der Waals surface area contributed by atoms with Gasteiger partial charge in [0, 0.05) is 18.6 Å². The third-order valence-corrected chi connectivity index (χ3v) is 5.43. The van der Waals surface area contributed by atoms with E-state index in [0.717, 1.165) is 19.3 Å². The standard InChI is InChI=1S/C13H20N2O5S/c1-9(14)10-5-3-4-8-15(10)21(17,18)12-7-6-11(20-12)13(16)19-2/h6-7,9-10H,3-5,8,14H2,1-2H3. The highest BCUT2D eigenvalue weighted by Crippen LogP contribution is 2.27. The number of nitrogens with zero attached hydrogens (tertiary/aromatic N) is 1. The van der Waals surface area contributed by atoms with Crippen LogP contribution in [0.5, 0.6) is 0 Å². The van der Waals surface area contributed by atoms with E-state index in [-0.39, 0.29) is 22.9 Å². The molecule has 2 heterocycles. The monoisotopic (exact) mass is 316 g/mol. The van der Waals surface area contributed by atoms with Crippen LogP contribution in [0.3, 0.4) is 0 Å². The molecule has 1 aromatic heterocycles. The van der Waals surface area contributed by atoms with Gasteiger partial charge in [0.05, 0.1) is 7.11 Å². The summed E-state index contributed by atoms with van der Waals surface area (Å²) in [5, 5.41) is -0.254. The molecule has 0 radical (unpaired) electrons. The van der Waals surface area contributed by atoms with E-state index in [1.807, 2.05) is 0 Å². The lowest BCUT2D eigenvalue weighted by Crippen LogP contribution is -2.51. The third kappa shape index (κ3) is 3.12. The molecular weight excluding hydrogens is 296 g/mol. The first kappa shape index (κ1) is 16.0. The van der Waals surface area contributed by atoms with Crippen molar-refractivity contribution in [3.8, 4) is 0 Å². The summed E-state index contributed by atoms with van der Waals surface area (Å²) < 4.78 is 36.3. The SMILES string of the molecule is COC(=O)c1ccc(S(=O)(=O)N2CCCCC2C(C)N)o1. The first-order valence-corrected chi connectivity index (χ1v) is 8.27. The van der Waals surface area contributed by atoms with Crippen molar-refractivity contribution in [3.63, 3.8) is 0 Å². The molecule has 8 heteroatoms. The zero-order chi connectivity index (χ0) is 15.6. The predicted octanol–water partition coefficient (Wildman–Crippen LogP) is 0.957. The van der Waals surface area contributed by atoms with Crippen LogP contribution in [0.25, 0.3) is 0 Å². The Hall–Kier alpha value is -1.38. The lowest BCUT2D eigenvalue weighted by atomic mass is 10.00. The number of methoxy groups -OCH3 is 1. The molecule has 0 aliphatic carbocycles. The number of furan rings is 1. The maximum Gasteiger partial charge on any atom is 0.374 e. The zero-order valence-corrected chi connectivity index (χ0v) is 12.9. The predicted molar refractivity (Wildman–Crippen MR) is 75.2 cm³/mol.